The summed E-state index contributed by atoms with van der Waals surface area (Å²) >= 11 is 0. The second-order valence-corrected chi connectivity index (χ2v) is 19.1. The molecule has 4 aliphatic rings. The molecule has 2 aromatic carbocycles. The maximum atomic E-state index is 13.0. The molecular weight excluding hydrogens is 898 g/mol. The number of benzene rings is 2. The van der Waals surface area contributed by atoms with Crippen LogP contribution in [0.5, 0.6) is 0 Å². The van der Waals surface area contributed by atoms with Crippen LogP contribution in [0.15, 0.2) is 69.7 Å². The van der Waals surface area contributed by atoms with Gasteiger partial charge in [0.25, 0.3) is 0 Å². The topological polar surface area (TPSA) is 219 Å². The van der Waals surface area contributed by atoms with Crippen LogP contribution in [0.4, 0.5) is 8.78 Å². The summed E-state index contributed by atoms with van der Waals surface area (Å²) < 4.78 is 36.4. The number of halogens is 3. The van der Waals surface area contributed by atoms with E-state index in [4.69, 9.17) is 25.0 Å². The zero-order valence-corrected chi connectivity index (χ0v) is 39.7. The third kappa shape index (κ3) is 16.7. The van der Waals surface area contributed by atoms with Gasteiger partial charge in [0, 0.05) is 48.1 Å². The number of ketones is 2. The van der Waals surface area contributed by atoms with E-state index in [1.165, 1.54) is 24.3 Å². The second-order valence-electron chi connectivity index (χ2n) is 19.1. The Morgan fingerprint density at radius 3 is 1.46 bits per heavy atom. The summed E-state index contributed by atoms with van der Waals surface area (Å²) in [5.41, 5.74) is 7.43. The van der Waals surface area contributed by atoms with Crippen LogP contribution in [0.1, 0.15) is 162 Å². The standard InChI is InChI=1S/C26H33FN2O4.C21H24FNO4.C5H11NO.ClH/c27-20-12-10-18(11-13-20)25-16-22(29-33-25)24(31)8-4-2-1-3-6-17-14-19(15-17)26(32)28-21-7-5-9-23(21)30;22-17-9-7-15(8-10-17)20-13-18(23-27-20)19(24)6-4-2-1-3-5-14-11-16(12-14)21(25)26;6-4-2-1-3-5(4)7;/h10-13,16-17,19,21,23,30H,1-9,14-15H2,(H,28,32);7-10,13-14,16H,1-6,11-12H2,(H,25,26);4-5,7H,1-3,6H2;1H/t17?,19?,21-,23+;;4-,5+;/m0.0./s1. The molecule has 0 spiro atoms. The molecule has 4 saturated carbocycles. The number of nitrogens with two attached hydrogens (primary N) is 1. The lowest BCUT2D eigenvalue weighted by Gasteiger charge is -2.35. The number of aromatic nitrogens is 2. The van der Waals surface area contributed by atoms with Gasteiger partial charge in [-0.1, -0.05) is 61.7 Å². The van der Waals surface area contributed by atoms with E-state index in [1.807, 2.05) is 0 Å². The van der Waals surface area contributed by atoms with Gasteiger partial charge in [-0.25, -0.2) is 8.78 Å². The van der Waals surface area contributed by atoms with E-state index < -0.39 is 5.97 Å². The molecule has 0 aliphatic heterocycles. The predicted molar refractivity (Wildman–Crippen MR) is 255 cm³/mol. The first-order chi connectivity index (χ1) is 32.3. The van der Waals surface area contributed by atoms with E-state index in [0.717, 1.165) is 128 Å². The largest absolute Gasteiger partial charge is 0.481 e. The molecule has 2 heterocycles. The van der Waals surface area contributed by atoms with Gasteiger partial charge < -0.3 is 35.4 Å². The van der Waals surface area contributed by atoms with Crippen LogP contribution >= 0.6 is 12.4 Å². The average molecular weight is 968 g/mol. The number of amides is 1. The van der Waals surface area contributed by atoms with Crippen LogP contribution in [0.3, 0.4) is 0 Å². The fourth-order valence-electron chi connectivity index (χ4n) is 9.45. The molecule has 6 N–H and O–H groups in total. The van der Waals surface area contributed by atoms with Crippen LogP contribution in [-0.4, -0.2) is 73.4 Å². The van der Waals surface area contributed by atoms with Gasteiger partial charge in [-0.05, 0) is 137 Å². The monoisotopic (exact) mass is 966 g/mol. The molecule has 4 aromatic rings. The number of unbranched alkanes of at least 4 members (excludes halogenated alkanes) is 6. The summed E-state index contributed by atoms with van der Waals surface area (Å²) in [6, 6.07) is 15.0. The number of hydrogen-bond donors (Lipinski definition) is 5. The molecule has 372 valence electrons. The molecule has 4 fully saturated rings. The van der Waals surface area contributed by atoms with Crippen molar-refractivity contribution in [1.82, 2.24) is 15.6 Å². The van der Waals surface area contributed by atoms with E-state index in [1.54, 1.807) is 36.4 Å². The number of carbonyl (C=O) groups excluding carboxylic acids is 3. The van der Waals surface area contributed by atoms with Gasteiger partial charge in [0.05, 0.1) is 24.2 Å². The predicted octanol–water partition coefficient (Wildman–Crippen LogP) is 10.5. The summed E-state index contributed by atoms with van der Waals surface area (Å²) in [5.74, 6) is 0.810. The van der Waals surface area contributed by atoms with Crippen molar-refractivity contribution >= 4 is 35.9 Å². The fourth-order valence-corrected chi connectivity index (χ4v) is 9.45. The van der Waals surface area contributed by atoms with E-state index in [-0.39, 0.29) is 77.6 Å². The number of aliphatic hydroxyl groups is 2. The molecule has 0 bridgehead atoms. The minimum Gasteiger partial charge on any atom is -0.481 e. The Morgan fingerprint density at radius 1 is 0.618 bits per heavy atom. The summed E-state index contributed by atoms with van der Waals surface area (Å²) in [7, 11) is 0. The van der Waals surface area contributed by atoms with E-state index >= 15 is 0 Å². The third-order valence-corrected chi connectivity index (χ3v) is 13.9. The Hall–Kier alpha value is -4.83. The summed E-state index contributed by atoms with van der Waals surface area (Å²) in [6.07, 6.45) is 19.6. The zero-order chi connectivity index (χ0) is 47.7. The van der Waals surface area contributed by atoms with Crippen LogP contribution < -0.4 is 11.1 Å². The van der Waals surface area contributed by atoms with Crippen molar-refractivity contribution < 1.29 is 52.3 Å². The number of aliphatic hydroxyl groups excluding tert-OH is 2. The zero-order valence-electron chi connectivity index (χ0n) is 38.9. The van der Waals surface area contributed by atoms with E-state index in [9.17, 15) is 33.1 Å². The number of aliphatic carboxylic acids is 1. The molecule has 16 heteroatoms. The molecule has 4 atom stereocenters. The van der Waals surface area contributed by atoms with Gasteiger partial charge in [0.2, 0.25) is 5.91 Å². The van der Waals surface area contributed by atoms with Gasteiger partial charge in [0.15, 0.2) is 23.1 Å². The van der Waals surface area contributed by atoms with E-state index in [0.29, 0.717) is 58.7 Å². The minimum absolute atomic E-state index is 0. The SMILES string of the molecule is Cl.N[C@H]1CCC[C@H]1O.O=C(CCCCCCC1CC(C(=O)N[C@H]2CCC[C@H]2O)C1)c1cc(-c2ccc(F)cc2)on1.O=C(CCCCCCC1CC(C(=O)O)C1)c1cc(-c2ccc(F)cc2)on1. The number of carbonyl (C=O) groups is 4. The lowest BCUT2D eigenvalue weighted by molar-refractivity contribution is -0.146. The highest BCUT2D eigenvalue weighted by molar-refractivity contribution is 5.95. The molecule has 4 aliphatic carbocycles. The van der Waals surface area contributed by atoms with Crippen molar-refractivity contribution in [3.05, 3.63) is 83.7 Å². The maximum absolute atomic E-state index is 13.0. The first-order valence-corrected chi connectivity index (χ1v) is 24.5. The quantitative estimate of drug-likeness (QED) is 0.0389. The van der Waals surface area contributed by atoms with Crippen LogP contribution in [-0.2, 0) is 9.59 Å². The normalized spacial score (nSPS) is 23.7. The van der Waals surface area contributed by atoms with Crippen LogP contribution in [0, 0.1) is 35.3 Å². The van der Waals surface area contributed by atoms with Gasteiger partial charge in [-0.15, -0.1) is 12.4 Å². The van der Waals surface area contributed by atoms with Gasteiger partial charge in [-0.2, -0.15) is 0 Å². The lowest BCUT2D eigenvalue weighted by atomic mass is 9.72. The average Bonchev–Trinajstić information content (AvgIpc) is 4.12. The Morgan fingerprint density at radius 2 is 1.06 bits per heavy atom. The first kappa shape index (κ1) is 54.1. The molecule has 68 heavy (non-hydrogen) atoms. The van der Waals surface area contributed by atoms with Crippen molar-refractivity contribution in [1.29, 1.82) is 0 Å². The Labute approximate surface area is 403 Å². The molecule has 0 unspecified atom stereocenters. The lowest BCUT2D eigenvalue weighted by Crippen LogP contribution is -2.46. The smallest absolute Gasteiger partial charge is 0.306 e. The second kappa shape index (κ2) is 27.4. The molecule has 0 radical (unpaired) electrons. The van der Waals surface area contributed by atoms with Gasteiger partial charge in [0.1, 0.15) is 23.0 Å². The van der Waals surface area contributed by atoms with Crippen molar-refractivity contribution in [2.45, 2.75) is 166 Å². The molecule has 1 amide bonds. The number of rotatable bonds is 21. The molecule has 2 aromatic heterocycles. The Bertz CT molecular complexity index is 2160. The molecule has 0 saturated heterocycles. The van der Waals surface area contributed by atoms with Crippen molar-refractivity contribution in [3.63, 3.8) is 0 Å². The van der Waals surface area contributed by atoms with Crippen molar-refractivity contribution in [2.24, 2.45) is 29.4 Å². The maximum Gasteiger partial charge on any atom is 0.306 e. The minimum atomic E-state index is -0.666. The molecule has 8 rings (SSSR count). The number of Topliss-reactive ketones (excluding diaryl/α,β-unsaturated/α-hetero) is 2. The number of carboxylic acids is 1. The van der Waals surface area contributed by atoms with Gasteiger partial charge >= 0.3 is 5.97 Å². The van der Waals surface area contributed by atoms with Crippen molar-refractivity contribution in [2.75, 3.05) is 0 Å². The summed E-state index contributed by atoms with van der Waals surface area (Å²) in [5, 5.41) is 38.3. The number of hydrogen-bond acceptors (Lipinski definition) is 11. The fraction of sp³-hybridized carbons (Fsp3) is 0.577. The van der Waals surface area contributed by atoms with Crippen molar-refractivity contribution in [3.8, 4) is 22.6 Å². The number of nitrogens with zero attached hydrogens (tertiary/aromatic N) is 2. The Kier molecular flexibility index (Phi) is 21.8. The third-order valence-electron chi connectivity index (χ3n) is 13.9. The van der Waals surface area contributed by atoms with Crippen LogP contribution in [0.2, 0.25) is 0 Å². The molecular formula is C52H69ClF2N4O9. The number of carboxylic acid groups (broad SMARTS) is 1. The van der Waals surface area contributed by atoms with E-state index in [2.05, 4.69) is 15.6 Å². The first-order valence-electron chi connectivity index (χ1n) is 24.5. The van der Waals surface area contributed by atoms with Crippen LogP contribution in [0.25, 0.3) is 22.6 Å². The highest BCUT2D eigenvalue weighted by atomic mass is 35.5. The highest BCUT2D eigenvalue weighted by Crippen LogP contribution is 2.39. The number of nitrogens with one attached hydrogen (secondary N) is 1. The Balaban J connectivity index is 0.000000222. The highest BCUT2D eigenvalue weighted by Gasteiger charge is 2.37. The summed E-state index contributed by atoms with van der Waals surface area (Å²) in [4.78, 5) is 47.6. The molecule has 13 nitrogen and oxygen atoms in total. The summed E-state index contributed by atoms with van der Waals surface area (Å²) in [6.45, 7) is 0. The van der Waals surface area contributed by atoms with Gasteiger partial charge in [-0.3, -0.25) is 19.2 Å².